The molecule has 0 spiro atoms. The number of hydrogen-bond donors (Lipinski definition) is 0. The van der Waals surface area contributed by atoms with Gasteiger partial charge in [0.25, 0.3) is 0 Å². The summed E-state index contributed by atoms with van der Waals surface area (Å²) in [5.41, 5.74) is 2.47. The molecule has 3 aliphatic rings. The van der Waals surface area contributed by atoms with Crippen LogP contribution in [0.1, 0.15) is 27.5 Å². The number of nitrogens with zero attached hydrogens (tertiary/aromatic N) is 3. The molecule has 3 aromatic carbocycles. The number of ether oxygens (including phenoxy) is 1. The number of amides is 2. The summed E-state index contributed by atoms with van der Waals surface area (Å²) in [6, 6.07) is 19.6. The highest BCUT2D eigenvalue weighted by Crippen LogP contribution is 2.53. The maximum Gasteiger partial charge on any atom is 0.240 e. The number of hydrazone groups is 1. The number of hydrogen-bond acceptors (Lipinski definition) is 6. The summed E-state index contributed by atoms with van der Waals surface area (Å²) in [6.07, 6.45) is 1.68. The fraction of sp³-hybridized carbons (Fsp3) is 0.185. The molecule has 0 radical (unpaired) electrons. The van der Waals surface area contributed by atoms with Crippen LogP contribution in [0.2, 0.25) is 5.02 Å². The van der Waals surface area contributed by atoms with Crippen molar-refractivity contribution in [2.45, 2.75) is 12.1 Å². The van der Waals surface area contributed by atoms with Crippen molar-refractivity contribution in [1.82, 2.24) is 5.01 Å². The first-order valence-electron chi connectivity index (χ1n) is 11.2. The third-order valence-corrected chi connectivity index (χ3v) is 7.35. The maximum absolute atomic E-state index is 13.9. The van der Waals surface area contributed by atoms with Gasteiger partial charge in [0.05, 0.1) is 41.9 Å². The lowest BCUT2D eigenvalue weighted by Gasteiger charge is -2.33. The van der Waals surface area contributed by atoms with E-state index in [0.717, 1.165) is 16.0 Å². The highest BCUT2D eigenvalue weighted by atomic mass is 35.5. The van der Waals surface area contributed by atoms with Crippen LogP contribution in [0.5, 0.6) is 5.75 Å². The number of fused-ring (bicyclic) bond motifs is 5. The van der Waals surface area contributed by atoms with Crippen molar-refractivity contribution >= 4 is 41.1 Å². The molecule has 3 aliphatic heterocycles. The normalized spacial score (nSPS) is 24.3. The van der Waals surface area contributed by atoms with E-state index in [9.17, 15) is 14.4 Å². The number of carbonyl (C=O) groups is 3. The summed E-state index contributed by atoms with van der Waals surface area (Å²) >= 11 is 6.37. The number of anilines is 1. The zero-order valence-electron chi connectivity index (χ0n) is 18.7. The van der Waals surface area contributed by atoms with Gasteiger partial charge in [-0.05, 0) is 47.5 Å². The molecule has 7 nitrogen and oxygen atoms in total. The first-order chi connectivity index (χ1) is 17.0. The van der Waals surface area contributed by atoms with E-state index in [1.165, 1.54) is 0 Å². The minimum atomic E-state index is -0.938. The van der Waals surface area contributed by atoms with E-state index in [1.807, 2.05) is 24.3 Å². The van der Waals surface area contributed by atoms with Crippen molar-refractivity contribution in [3.05, 3.63) is 94.5 Å². The standard InChI is InChI=1S/C27H20ClN3O4/c1-35-17-12-10-15(11-13-17)25(32)24-22-21(23-18-7-3-2-6-16(18)14-29-31(23)24)26(33)30(27(22)34)20-9-5-4-8-19(20)28/h2-14,21-24H,1H3/t21-,22+,23?,24-/m1/s1. The first-order valence-corrected chi connectivity index (χ1v) is 11.6. The van der Waals surface area contributed by atoms with Crippen LogP contribution < -0.4 is 9.64 Å². The van der Waals surface area contributed by atoms with Gasteiger partial charge in [-0.1, -0.05) is 48.0 Å². The lowest BCUT2D eigenvalue weighted by Crippen LogP contribution is -2.44. The van der Waals surface area contributed by atoms with E-state index in [2.05, 4.69) is 5.10 Å². The number of carbonyl (C=O) groups excluding carboxylic acids is 3. The van der Waals surface area contributed by atoms with Gasteiger partial charge in [-0.25, -0.2) is 4.90 Å². The molecule has 2 amide bonds. The van der Waals surface area contributed by atoms with Crippen LogP contribution in [-0.4, -0.2) is 42.0 Å². The van der Waals surface area contributed by atoms with Crippen LogP contribution >= 0.6 is 11.6 Å². The number of ketones is 1. The Morgan fingerprint density at radius 3 is 2.34 bits per heavy atom. The molecule has 35 heavy (non-hydrogen) atoms. The third kappa shape index (κ3) is 3.12. The number of imide groups is 1. The smallest absolute Gasteiger partial charge is 0.240 e. The number of methoxy groups -OCH3 is 1. The number of Topliss-reactive ketones (excluding diaryl/α,β-unsaturated/α-hetero) is 1. The topological polar surface area (TPSA) is 79.3 Å². The molecule has 6 rings (SSSR count). The molecule has 1 unspecified atom stereocenters. The second kappa shape index (κ2) is 8.06. The quantitative estimate of drug-likeness (QED) is 0.410. The molecule has 0 saturated carbocycles. The van der Waals surface area contributed by atoms with Gasteiger partial charge in [0, 0.05) is 5.56 Å². The molecule has 0 aliphatic carbocycles. The SMILES string of the molecule is COc1ccc(C(=O)[C@H]2[C@H]3C(=O)N(c4ccccc4Cl)C(=O)[C@H]3C3c4ccccc4C=NN32)cc1. The lowest BCUT2D eigenvalue weighted by molar-refractivity contribution is -0.124. The van der Waals surface area contributed by atoms with E-state index < -0.39 is 29.8 Å². The van der Waals surface area contributed by atoms with Crippen LogP contribution in [-0.2, 0) is 9.59 Å². The van der Waals surface area contributed by atoms with Gasteiger partial charge in [0.1, 0.15) is 11.8 Å². The van der Waals surface area contributed by atoms with Crippen LogP contribution in [0.3, 0.4) is 0 Å². The second-order valence-electron chi connectivity index (χ2n) is 8.75. The molecule has 3 aromatic rings. The van der Waals surface area contributed by atoms with Crippen LogP contribution in [0, 0.1) is 11.8 Å². The van der Waals surface area contributed by atoms with Crippen LogP contribution in [0.4, 0.5) is 5.69 Å². The van der Waals surface area contributed by atoms with Gasteiger partial charge in [-0.3, -0.25) is 19.4 Å². The van der Waals surface area contributed by atoms with E-state index in [4.69, 9.17) is 16.3 Å². The fourth-order valence-corrected chi connectivity index (χ4v) is 5.69. The first kappa shape index (κ1) is 21.6. The Morgan fingerprint density at radius 2 is 1.60 bits per heavy atom. The van der Waals surface area contributed by atoms with Gasteiger partial charge < -0.3 is 4.74 Å². The molecule has 8 heteroatoms. The van der Waals surface area contributed by atoms with Gasteiger partial charge >= 0.3 is 0 Å². The molecule has 0 aromatic heterocycles. The van der Waals surface area contributed by atoms with Crippen molar-refractivity contribution in [2.75, 3.05) is 12.0 Å². The van der Waals surface area contributed by atoms with Crippen LogP contribution in [0.15, 0.2) is 77.9 Å². The predicted octanol–water partition coefficient (Wildman–Crippen LogP) is 4.11. The van der Waals surface area contributed by atoms with Crippen molar-refractivity contribution in [2.24, 2.45) is 16.9 Å². The van der Waals surface area contributed by atoms with Crippen LogP contribution in [0.25, 0.3) is 0 Å². The van der Waals surface area contributed by atoms with Gasteiger partial charge in [0.2, 0.25) is 11.8 Å². The number of para-hydroxylation sites is 1. The molecule has 3 heterocycles. The second-order valence-corrected chi connectivity index (χ2v) is 9.16. The van der Waals surface area contributed by atoms with E-state index in [-0.39, 0.29) is 11.7 Å². The Balaban J connectivity index is 1.49. The summed E-state index contributed by atoms with van der Waals surface area (Å²) in [6.45, 7) is 0. The van der Waals surface area contributed by atoms with Gasteiger partial charge in [-0.2, -0.15) is 5.10 Å². The Hall–Kier alpha value is -3.97. The lowest BCUT2D eigenvalue weighted by atomic mass is 9.83. The Kier molecular flexibility index (Phi) is 4.96. The van der Waals surface area contributed by atoms with Crippen molar-refractivity contribution in [3.8, 4) is 5.75 Å². The molecule has 174 valence electrons. The number of halogens is 1. The van der Waals surface area contributed by atoms with Gasteiger partial charge in [0.15, 0.2) is 5.78 Å². The average molecular weight is 486 g/mol. The number of rotatable bonds is 4. The summed E-state index contributed by atoms with van der Waals surface area (Å²) < 4.78 is 5.21. The fourth-order valence-electron chi connectivity index (χ4n) is 5.47. The summed E-state index contributed by atoms with van der Waals surface area (Å²) in [5.74, 6) is -2.15. The van der Waals surface area contributed by atoms with E-state index in [1.54, 1.807) is 66.9 Å². The van der Waals surface area contributed by atoms with E-state index in [0.29, 0.717) is 22.0 Å². The molecule has 0 bridgehead atoms. The minimum Gasteiger partial charge on any atom is -0.497 e. The predicted molar refractivity (Wildman–Crippen MR) is 131 cm³/mol. The molecule has 4 atom stereocenters. The molecular formula is C27H20ClN3O4. The minimum absolute atomic E-state index is 0.274. The van der Waals surface area contributed by atoms with Gasteiger partial charge in [-0.15, -0.1) is 0 Å². The largest absolute Gasteiger partial charge is 0.497 e. The zero-order chi connectivity index (χ0) is 24.3. The number of benzene rings is 3. The maximum atomic E-state index is 13.9. The van der Waals surface area contributed by atoms with Crippen molar-refractivity contribution < 1.29 is 19.1 Å². The highest BCUT2D eigenvalue weighted by Gasteiger charge is 2.65. The Morgan fingerprint density at radius 1 is 0.914 bits per heavy atom. The van der Waals surface area contributed by atoms with E-state index >= 15 is 0 Å². The third-order valence-electron chi connectivity index (χ3n) is 7.03. The Bertz CT molecular complexity index is 1400. The summed E-state index contributed by atoms with van der Waals surface area (Å²) in [7, 11) is 1.55. The van der Waals surface area contributed by atoms with Crippen molar-refractivity contribution in [3.63, 3.8) is 0 Å². The summed E-state index contributed by atoms with van der Waals surface area (Å²) in [4.78, 5) is 42.7. The molecule has 2 saturated heterocycles. The molecular weight excluding hydrogens is 466 g/mol. The Labute approximate surface area is 206 Å². The summed E-state index contributed by atoms with van der Waals surface area (Å²) in [5, 5.41) is 6.52. The zero-order valence-corrected chi connectivity index (χ0v) is 19.4. The average Bonchev–Trinajstić information content (AvgIpc) is 3.36. The molecule has 2 fully saturated rings. The monoisotopic (exact) mass is 485 g/mol. The highest BCUT2D eigenvalue weighted by molar-refractivity contribution is 6.36. The van der Waals surface area contributed by atoms with Crippen molar-refractivity contribution in [1.29, 1.82) is 0 Å². The molecule has 0 N–H and O–H groups in total.